The zero-order chi connectivity index (χ0) is 17.1. The molecule has 0 N–H and O–H groups in total. The summed E-state index contributed by atoms with van der Waals surface area (Å²) in [6, 6.07) is 7.13. The van der Waals surface area contributed by atoms with Gasteiger partial charge in [-0.2, -0.15) is 5.26 Å². The van der Waals surface area contributed by atoms with E-state index >= 15 is 0 Å². The molecule has 6 heteroatoms. The Morgan fingerprint density at radius 1 is 1.33 bits per heavy atom. The van der Waals surface area contributed by atoms with E-state index in [1.165, 1.54) is 0 Å². The van der Waals surface area contributed by atoms with Gasteiger partial charge in [0, 0.05) is 37.9 Å². The van der Waals surface area contributed by atoms with Crippen LogP contribution < -0.4 is 4.74 Å². The maximum Gasteiger partial charge on any atom is 0.255 e. The largest absolute Gasteiger partial charge is 0.490 e. The number of nitriles is 1. The predicted molar refractivity (Wildman–Crippen MR) is 88.9 cm³/mol. The Morgan fingerprint density at radius 2 is 2.08 bits per heavy atom. The van der Waals surface area contributed by atoms with E-state index in [0.29, 0.717) is 18.7 Å². The van der Waals surface area contributed by atoms with Gasteiger partial charge < -0.3 is 19.3 Å². The number of hydrogen-bond donors (Lipinski definition) is 0. The van der Waals surface area contributed by atoms with E-state index in [2.05, 4.69) is 18.0 Å². The zero-order valence-corrected chi connectivity index (χ0v) is 14.2. The summed E-state index contributed by atoms with van der Waals surface area (Å²) in [6.45, 7) is 2.88. The number of carbonyl (C=O) groups is 1. The highest BCUT2D eigenvalue weighted by atomic mass is 16.5. The number of methoxy groups -OCH3 is 1. The number of hydrogen-bond acceptors (Lipinski definition) is 5. The van der Waals surface area contributed by atoms with Gasteiger partial charge in [0.05, 0.1) is 12.7 Å². The Labute approximate surface area is 142 Å². The molecule has 1 aromatic carbocycles. The van der Waals surface area contributed by atoms with Crippen LogP contribution in [0.1, 0.15) is 34.8 Å². The van der Waals surface area contributed by atoms with Crippen molar-refractivity contribution in [3.8, 4) is 11.8 Å². The summed E-state index contributed by atoms with van der Waals surface area (Å²) in [5, 5.41) is 9.51. The normalized spacial score (nSPS) is 21.6. The molecule has 2 aliphatic heterocycles. The van der Waals surface area contributed by atoms with E-state index in [1.807, 2.05) is 12.1 Å². The second-order valence-corrected chi connectivity index (χ2v) is 6.39. The number of benzene rings is 1. The van der Waals surface area contributed by atoms with Crippen molar-refractivity contribution in [1.82, 2.24) is 9.80 Å². The molecule has 1 unspecified atom stereocenters. The number of rotatable bonds is 5. The van der Waals surface area contributed by atoms with Gasteiger partial charge in [0.1, 0.15) is 17.9 Å². The summed E-state index contributed by atoms with van der Waals surface area (Å²) >= 11 is 0. The van der Waals surface area contributed by atoms with E-state index in [4.69, 9.17) is 9.47 Å². The van der Waals surface area contributed by atoms with Gasteiger partial charge in [0.15, 0.2) is 0 Å². The highest BCUT2D eigenvalue weighted by Crippen LogP contribution is 2.35. The quantitative estimate of drug-likeness (QED) is 0.824. The number of amides is 1. The van der Waals surface area contributed by atoms with Crippen LogP contribution in [0, 0.1) is 11.3 Å². The van der Waals surface area contributed by atoms with Crippen molar-refractivity contribution in [3.05, 3.63) is 29.3 Å². The maximum atomic E-state index is 12.5. The lowest BCUT2D eigenvalue weighted by Gasteiger charge is -2.29. The molecule has 3 rings (SSSR count). The lowest BCUT2D eigenvalue weighted by atomic mass is 10.0. The van der Waals surface area contributed by atoms with Crippen molar-refractivity contribution < 1.29 is 14.3 Å². The Hall–Kier alpha value is -2.10. The van der Waals surface area contributed by atoms with Gasteiger partial charge in [-0.05, 0) is 38.1 Å². The van der Waals surface area contributed by atoms with E-state index in [-0.39, 0.29) is 12.0 Å². The minimum absolute atomic E-state index is 0.112. The molecule has 0 aromatic heterocycles. The summed E-state index contributed by atoms with van der Waals surface area (Å²) in [5.41, 5.74) is 1.33. The van der Waals surface area contributed by atoms with Gasteiger partial charge in [-0.15, -0.1) is 0 Å². The topological polar surface area (TPSA) is 65.8 Å². The fourth-order valence-corrected chi connectivity index (χ4v) is 3.33. The van der Waals surface area contributed by atoms with Crippen LogP contribution in [0.5, 0.6) is 5.75 Å². The van der Waals surface area contributed by atoms with Gasteiger partial charge in [0.25, 0.3) is 5.91 Å². The second kappa shape index (κ2) is 7.20. The molecule has 0 aliphatic carbocycles. The zero-order valence-electron chi connectivity index (χ0n) is 14.2. The van der Waals surface area contributed by atoms with E-state index in [9.17, 15) is 10.1 Å². The first-order valence-electron chi connectivity index (χ1n) is 8.32. The Kier molecular flexibility index (Phi) is 5.03. The molecule has 1 atom stereocenters. The summed E-state index contributed by atoms with van der Waals surface area (Å²) in [6.07, 6.45) is 2.18. The van der Waals surface area contributed by atoms with Crippen LogP contribution in [-0.4, -0.2) is 62.2 Å². The van der Waals surface area contributed by atoms with Crippen LogP contribution >= 0.6 is 0 Å². The SMILES string of the molecule is COCCN1C(=O)c2ccc(OC3CCN(C)CC3)cc2C1C#N. The van der Waals surface area contributed by atoms with Crippen LogP contribution in [0.3, 0.4) is 0 Å². The summed E-state index contributed by atoms with van der Waals surface area (Å²) in [4.78, 5) is 16.3. The molecule has 24 heavy (non-hydrogen) atoms. The number of ether oxygens (including phenoxy) is 2. The van der Waals surface area contributed by atoms with Crippen molar-refractivity contribution in [2.24, 2.45) is 0 Å². The average Bonchev–Trinajstić information content (AvgIpc) is 2.86. The predicted octanol–water partition coefficient (Wildman–Crippen LogP) is 1.83. The van der Waals surface area contributed by atoms with Gasteiger partial charge in [-0.3, -0.25) is 4.79 Å². The minimum atomic E-state index is -0.566. The third-order valence-corrected chi connectivity index (χ3v) is 4.75. The van der Waals surface area contributed by atoms with Crippen LogP contribution in [0.15, 0.2) is 18.2 Å². The van der Waals surface area contributed by atoms with Crippen molar-refractivity contribution in [1.29, 1.82) is 5.26 Å². The third-order valence-electron chi connectivity index (χ3n) is 4.75. The van der Waals surface area contributed by atoms with E-state index in [1.54, 1.807) is 18.1 Å². The van der Waals surface area contributed by atoms with Crippen molar-refractivity contribution in [2.75, 3.05) is 40.4 Å². The molecule has 128 valence electrons. The summed E-state index contributed by atoms with van der Waals surface area (Å²) < 4.78 is 11.1. The smallest absolute Gasteiger partial charge is 0.255 e. The lowest BCUT2D eigenvalue weighted by molar-refractivity contribution is 0.0693. The number of carbonyl (C=O) groups excluding carboxylic acids is 1. The molecule has 1 aromatic rings. The molecule has 1 saturated heterocycles. The van der Waals surface area contributed by atoms with Crippen LogP contribution in [0.2, 0.25) is 0 Å². The lowest BCUT2D eigenvalue weighted by Crippen LogP contribution is -2.35. The molecule has 0 radical (unpaired) electrons. The average molecular weight is 329 g/mol. The Bertz CT molecular complexity index is 647. The Balaban J connectivity index is 1.76. The highest BCUT2D eigenvalue weighted by molar-refractivity contribution is 5.99. The van der Waals surface area contributed by atoms with Crippen LogP contribution in [0.25, 0.3) is 0 Å². The first-order chi connectivity index (χ1) is 11.6. The minimum Gasteiger partial charge on any atom is -0.490 e. The first kappa shape index (κ1) is 16.7. The van der Waals surface area contributed by atoms with Crippen LogP contribution in [0.4, 0.5) is 0 Å². The highest BCUT2D eigenvalue weighted by Gasteiger charge is 2.37. The fourth-order valence-electron chi connectivity index (χ4n) is 3.33. The molecule has 2 heterocycles. The molecule has 0 bridgehead atoms. The molecular formula is C18H23N3O3. The molecule has 0 spiro atoms. The molecule has 0 saturated carbocycles. The molecule has 1 fully saturated rings. The van der Waals surface area contributed by atoms with Crippen molar-refractivity contribution in [3.63, 3.8) is 0 Å². The summed E-state index contributed by atoms with van der Waals surface area (Å²) in [5.74, 6) is 0.629. The molecule has 2 aliphatic rings. The standard InChI is InChI=1S/C18H23N3O3/c1-20-7-5-13(6-8-20)24-14-3-4-15-16(11-14)17(12-19)21(18(15)22)9-10-23-2/h3-4,11,13,17H,5-10H2,1-2H3. The summed E-state index contributed by atoms with van der Waals surface area (Å²) in [7, 11) is 3.70. The number of nitrogens with zero attached hydrogens (tertiary/aromatic N) is 3. The van der Waals surface area contributed by atoms with Gasteiger partial charge in [0.2, 0.25) is 0 Å². The van der Waals surface area contributed by atoms with E-state index in [0.717, 1.165) is 37.2 Å². The van der Waals surface area contributed by atoms with Crippen LogP contribution in [-0.2, 0) is 4.74 Å². The van der Waals surface area contributed by atoms with Gasteiger partial charge in [-0.25, -0.2) is 0 Å². The number of fused-ring (bicyclic) bond motifs is 1. The van der Waals surface area contributed by atoms with Crippen molar-refractivity contribution in [2.45, 2.75) is 25.0 Å². The Morgan fingerprint density at radius 3 is 2.75 bits per heavy atom. The fraction of sp³-hybridized carbons (Fsp3) is 0.556. The maximum absolute atomic E-state index is 12.5. The molecular weight excluding hydrogens is 306 g/mol. The molecule has 1 amide bonds. The van der Waals surface area contributed by atoms with Gasteiger partial charge in [-0.1, -0.05) is 0 Å². The molecule has 6 nitrogen and oxygen atoms in total. The van der Waals surface area contributed by atoms with E-state index < -0.39 is 6.04 Å². The number of likely N-dealkylation sites (tertiary alicyclic amines) is 1. The van der Waals surface area contributed by atoms with Gasteiger partial charge >= 0.3 is 0 Å². The monoisotopic (exact) mass is 329 g/mol. The first-order valence-corrected chi connectivity index (χ1v) is 8.32. The number of piperidine rings is 1. The second-order valence-electron chi connectivity index (χ2n) is 6.39. The van der Waals surface area contributed by atoms with Crippen molar-refractivity contribution >= 4 is 5.91 Å². The third kappa shape index (κ3) is 3.23.